The summed E-state index contributed by atoms with van der Waals surface area (Å²) in [6.45, 7) is 8.16. The third-order valence-corrected chi connectivity index (χ3v) is 4.42. The summed E-state index contributed by atoms with van der Waals surface area (Å²) in [5, 5.41) is 0. The summed E-state index contributed by atoms with van der Waals surface area (Å²) < 4.78 is 0. The first-order chi connectivity index (χ1) is 8.76. The van der Waals surface area contributed by atoms with E-state index < -0.39 is 0 Å². The highest BCUT2D eigenvalue weighted by Crippen LogP contribution is 2.29. The van der Waals surface area contributed by atoms with Crippen LogP contribution in [0.4, 0.5) is 5.69 Å². The van der Waals surface area contributed by atoms with Gasteiger partial charge in [-0.25, -0.2) is 0 Å². The average Bonchev–Trinajstić information content (AvgIpc) is 2.81. The molecule has 3 nitrogen and oxygen atoms in total. The standard InChI is InChI=1S/C15H23N3/c1-2-17-7-3-4-15(11-17)18-9-12-5-6-14(16)8-13(12)10-18/h5-6,8,15H,2-4,7,9-11,16H2,1H3. The van der Waals surface area contributed by atoms with Crippen LogP contribution < -0.4 is 5.73 Å². The molecular weight excluding hydrogens is 222 g/mol. The van der Waals surface area contributed by atoms with Gasteiger partial charge in [0.2, 0.25) is 0 Å². The molecule has 0 radical (unpaired) electrons. The lowest BCUT2D eigenvalue weighted by molar-refractivity contribution is 0.0990. The maximum Gasteiger partial charge on any atom is 0.0317 e. The predicted molar refractivity (Wildman–Crippen MR) is 75.2 cm³/mol. The summed E-state index contributed by atoms with van der Waals surface area (Å²) in [5.74, 6) is 0. The highest BCUT2D eigenvalue weighted by atomic mass is 15.2. The minimum Gasteiger partial charge on any atom is -0.399 e. The van der Waals surface area contributed by atoms with Gasteiger partial charge in [0.1, 0.15) is 0 Å². The molecule has 0 aliphatic carbocycles. The first kappa shape index (κ1) is 12.0. The van der Waals surface area contributed by atoms with Crippen LogP contribution in [0.1, 0.15) is 30.9 Å². The Hall–Kier alpha value is -1.06. The van der Waals surface area contributed by atoms with E-state index in [1.54, 1.807) is 0 Å². The molecule has 3 rings (SSSR count). The van der Waals surface area contributed by atoms with Crippen molar-refractivity contribution in [3.63, 3.8) is 0 Å². The van der Waals surface area contributed by atoms with Crippen molar-refractivity contribution < 1.29 is 0 Å². The molecule has 2 heterocycles. The maximum absolute atomic E-state index is 5.87. The smallest absolute Gasteiger partial charge is 0.0317 e. The molecular formula is C15H23N3. The SMILES string of the molecule is CCN1CCCC(N2Cc3ccc(N)cc3C2)C1. The predicted octanol–water partition coefficient (Wildman–Crippen LogP) is 2.07. The molecule has 3 heteroatoms. The third kappa shape index (κ3) is 2.25. The van der Waals surface area contributed by atoms with E-state index in [1.807, 2.05) is 6.07 Å². The molecule has 1 aromatic rings. The summed E-state index contributed by atoms with van der Waals surface area (Å²) in [6.07, 6.45) is 2.69. The number of nitrogen functional groups attached to an aromatic ring is 1. The molecule has 0 spiro atoms. The Morgan fingerprint density at radius 3 is 2.94 bits per heavy atom. The molecule has 1 saturated heterocycles. The second kappa shape index (κ2) is 4.90. The zero-order valence-corrected chi connectivity index (χ0v) is 11.2. The summed E-state index contributed by atoms with van der Waals surface area (Å²) in [7, 11) is 0. The molecule has 98 valence electrons. The van der Waals surface area contributed by atoms with Gasteiger partial charge in [0, 0.05) is 31.4 Å². The molecule has 1 unspecified atom stereocenters. The maximum atomic E-state index is 5.87. The molecule has 1 atom stereocenters. The number of hydrogen-bond acceptors (Lipinski definition) is 3. The van der Waals surface area contributed by atoms with Crippen LogP contribution in [0, 0.1) is 0 Å². The van der Waals surface area contributed by atoms with Crippen LogP contribution in [-0.4, -0.2) is 35.5 Å². The number of likely N-dealkylation sites (tertiary alicyclic amines) is 1. The number of hydrogen-bond donors (Lipinski definition) is 1. The zero-order valence-electron chi connectivity index (χ0n) is 11.2. The van der Waals surface area contributed by atoms with Crippen molar-refractivity contribution in [2.45, 2.75) is 38.9 Å². The highest BCUT2D eigenvalue weighted by molar-refractivity contribution is 5.46. The zero-order chi connectivity index (χ0) is 12.5. The second-order valence-electron chi connectivity index (χ2n) is 5.62. The van der Waals surface area contributed by atoms with Crippen molar-refractivity contribution >= 4 is 5.69 Å². The Labute approximate surface area is 110 Å². The van der Waals surface area contributed by atoms with Gasteiger partial charge >= 0.3 is 0 Å². The first-order valence-electron chi connectivity index (χ1n) is 7.10. The topological polar surface area (TPSA) is 32.5 Å². The normalized spacial score (nSPS) is 25.3. The molecule has 0 saturated carbocycles. The van der Waals surface area contributed by atoms with Gasteiger partial charge < -0.3 is 10.6 Å². The van der Waals surface area contributed by atoms with Crippen LogP contribution in [0.25, 0.3) is 0 Å². The minimum absolute atomic E-state index is 0.729. The van der Waals surface area contributed by atoms with E-state index in [1.165, 1.54) is 43.6 Å². The van der Waals surface area contributed by atoms with Crippen molar-refractivity contribution in [1.82, 2.24) is 9.80 Å². The van der Waals surface area contributed by atoms with E-state index in [4.69, 9.17) is 5.73 Å². The summed E-state index contributed by atoms with van der Waals surface area (Å²) in [6, 6.07) is 7.11. The summed E-state index contributed by atoms with van der Waals surface area (Å²) >= 11 is 0. The Morgan fingerprint density at radius 2 is 2.11 bits per heavy atom. The van der Waals surface area contributed by atoms with Crippen molar-refractivity contribution in [2.75, 3.05) is 25.4 Å². The molecule has 1 aromatic carbocycles. The first-order valence-corrected chi connectivity index (χ1v) is 7.10. The number of nitrogens with zero attached hydrogens (tertiary/aromatic N) is 2. The van der Waals surface area contributed by atoms with Gasteiger partial charge in [-0.05, 0) is 49.2 Å². The van der Waals surface area contributed by atoms with Crippen LogP contribution >= 0.6 is 0 Å². The lowest BCUT2D eigenvalue weighted by Gasteiger charge is -2.37. The summed E-state index contributed by atoms with van der Waals surface area (Å²) in [4.78, 5) is 5.21. The Morgan fingerprint density at radius 1 is 1.28 bits per heavy atom. The molecule has 1 fully saturated rings. The van der Waals surface area contributed by atoms with Gasteiger partial charge in [0.15, 0.2) is 0 Å². The Kier molecular flexibility index (Phi) is 3.27. The number of anilines is 1. The number of piperidine rings is 1. The lowest BCUT2D eigenvalue weighted by atomic mass is 10.0. The molecule has 0 aromatic heterocycles. The Balaban J connectivity index is 1.69. The quantitative estimate of drug-likeness (QED) is 0.810. The van der Waals surface area contributed by atoms with E-state index in [0.29, 0.717) is 0 Å². The van der Waals surface area contributed by atoms with E-state index in [-0.39, 0.29) is 0 Å². The number of likely N-dealkylation sites (N-methyl/N-ethyl adjacent to an activating group) is 1. The van der Waals surface area contributed by atoms with Crippen LogP contribution in [0.5, 0.6) is 0 Å². The monoisotopic (exact) mass is 245 g/mol. The molecule has 18 heavy (non-hydrogen) atoms. The fraction of sp³-hybridized carbons (Fsp3) is 0.600. The van der Waals surface area contributed by atoms with Gasteiger partial charge in [-0.15, -0.1) is 0 Å². The van der Waals surface area contributed by atoms with Gasteiger partial charge in [0.05, 0.1) is 0 Å². The van der Waals surface area contributed by atoms with E-state index in [9.17, 15) is 0 Å². The van der Waals surface area contributed by atoms with Crippen molar-refractivity contribution in [3.05, 3.63) is 29.3 Å². The fourth-order valence-electron chi connectivity index (χ4n) is 3.32. The van der Waals surface area contributed by atoms with Crippen LogP contribution in [0.3, 0.4) is 0 Å². The summed E-state index contributed by atoms with van der Waals surface area (Å²) in [5.41, 5.74) is 9.67. The highest BCUT2D eigenvalue weighted by Gasteiger charge is 2.28. The van der Waals surface area contributed by atoms with Crippen molar-refractivity contribution in [1.29, 1.82) is 0 Å². The molecule has 2 N–H and O–H groups in total. The van der Waals surface area contributed by atoms with Crippen LogP contribution in [-0.2, 0) is 13.1 Å². The number of fused-ring (bicyclic) bond motifs is 1. The van der Waals surface area contributed by atoms with E-state index in [2.05, 4.69) is 28.9 Å². The van der Waals surface area contributed by atoms with Gasteiger partial charge in [-0.3, -0.25) is 4.90 Å². The lowest BCUT2D eigenvalue weighted by Crippen LogP contribution is -2.45. The third-order valence-electron chi connectivity index (χ3n) is 4.42. The molecule has 2 aliphatic rings. The average molecular weight is 245 g/mol. The molecule has 0 bridgehead atoms. The largest absolute Gasteiger partial charge is 0.399 e. The number of nitrogens with two attached hydrogens (primary N) is 1. The van der Waals surface area contributed by atoms with Crippen LogP contribution in [0.2, 0.25) is 0 Å². The molecule has 0 amide bonds. The Bertz CT molecular complexity index is 430. The minimum atomic E-state index is 0.729. The van der Waals surface area contributed by atoms with Crippen LogP contribution in [0.15, 0.2) is 18.2 Å². The van der Waals surface area contributed by atoms with Gasteiger partial charge in [0.25, 0.3) is 0 Å². The van der Waals surface area contributed by atoms with E-state index >= 15 is 0 Å². The van der Waals surface area contributed by atoms with E-state index in [0.717, 1.165) is 24.8 Å². The fourth-order valence-corrected chi connectivity index (χ4v) is 3.32. The van der Waals surface area contributed by atoms with Gasteiger partial charge in [-0.1, -0.05) is 13.0 Å². The van der Waals surface area contributed by atoms with Gasteiger partial charge in [-0.2, -0.15) is 0 Å². The number of rotatable bonds is 2. The second-order valence-corrected chi connectivity index (χ2v) is 5.62. The number of benzene rings is 1. The van der Waals surface area contributed by atoms with Crippen molar-refractivity contribution in [2.24, 2.45) is 0 Å². The molecule has 2 aliphatic heterocycles. The van der Waals surface area contributed by atoms with Crippen molar-refractivity contribution in [3.8, 4) is 0 Å².